The molecular weight excluding hydrogens is 209 g/mol. The molecule has 0 aromatic heterocycles. The number of aliphatic carboxylic acids is 1. The summed E-state index contributed by atoms with van der Waals surface area (Å²) in [5.41, 5.74) is 0.864. The van der Waals surface area contributed by atoms with Crippen LogP contribution in [0.4, 0.5) is 4.39 Å². The fraction of sp³-hybridized carbons (Fsp3) is 0.222. The second-order valence-corrected chi connectivity index (χ2v) is 2.62. The largest absolute Gasteiger partial charge is 0.480 e. The molecule has 1 rings (SSSR count). The Kier molecular flexibility index (Phi) is 5.83. The van der Waals surface area contributed by atoms with Crippen LogP contribution < -0.4 is 5.32 Å². The maximum Gasteiger partial charge on any atom is 0.317 e. The van der Waals surface area contributed by atoms with Gasteiger partial charge in [-0.1, -0.05) is 12.1 Å². The fourth-order valence-electron chi connectivity index (χ4n) is 0.916. The average Bonchev–Trinajstić information content (AvgIpc) is 2.08. The van der Waals surface area contributed by atoms with E-state index in [0.29, 0.717) is 6.54 Å². The summed E-state index contributed by atoms with van der Waals surface area (Å²) < 4.78 is 12.4. The highest BCUT2D eigenvalue weighted by atomic mass is 35.5. The van der Waals surface area contributed by atoms with Gasteiger partial charge in [0, 0.05) is 6.54 Å². The molecule has 0 heterocycles. The van der Waals surface area contributed by atoms with Crippen LogP contribution in [0.5, 0.6) is 0 Å². The molecule has 78 valence electrons. The minimum atomic E-state index is -0.901. The molecule has 0 amide bonds. The zero-order valence-corrected chi connectivity index (χ0v) is 8.18. The van der Waals surface area contributed by atoms with E-state index in [-0.39, 0.29) is 24.8 Å². The lowest BCUT2D eigenvalue weighted by molar-refractivity contribution is -0.135. The van der Waals surface area contributed by atoms with Crippen molar-refractivity contribution in [3.05, 3.63) is 35.6 Å². The van der Waals surface area contributed by atoms with Gasteiger partial charge < -0.3 is 10.4 Å². The van der Waals surface area contributed by atoms with Gasteiger partial charge in [-0.3, -0.25) is 4.79 Å². The molecule has 0 spiro atoms. The van der Waals surface area contributed by atoms with Crippen molar-refractivity contribution in [2.45, 2.75) is 6.54 Å². The fourth-order valence-corrected chi connectivity index (χ4v) is 0.916. The molecule has 0 radical (unpaired) electrons. The van der Waals surface area contributed by atoms with Crippen LogP contribution in [0.1, 0.15) is 5.56 Å². The van der Waals surface area contributed by atoms with Crippen molar-refractivity contribution in [2.75, 3.05) is 6.54 Å². The smallest absolute Gasteiger partial charge is 0.317 e. The molecule has 0 aliphatic carbocycles. The van der Waals surface area contributed by atoms with E-state index >= 15 is 0 Å². The van der Waals surface area contributed by atoms with E-state index in [2.05, 4.69) is 5.32 Å². The molecule has 5 heteroatoms. The SMILES string of the molecule is Cl.O=C(O)CNCc1ccc(F)cc1. The minimum absolute atomic E-state index is 0. The normalized spacial score (nSPS) is 9.21. The van der Waals surface area contributed by atoms with Gasteiger partial charge in [0.05, 0.1) is 6.54 Å². The predicted molar refractivity (Wildman–Crippen MR) is 53.0 cm³/mol. The van der Waals surface area contributed by atoms with Crippen LogP contribution in [0.2, 0.25) is 0 Å². The summed E-state index contributed by atoms with van der Waals surface area (Å²) in [5.74, 6) is -1.19. The molecular formula is C9H11ClFNO2. The maximum atomic E-state index is 12.4. The van der Waals surface area contributed by atoms with Crippen LogP contribution >= 0.6 is 12.4 Å². The Morgan fingerprint density at radius 3 is 2.43 bits per heavy atom. The molecule has 0 unspecified atom stereocenters. The average molecular weight is 220 g/mol. The van der Waals surface area contributed by atoms with Crippen LogP contribution in [0, 0.1) is 5.82 Å². The maximum absolute atomic E-state index is 12.4. The quantitative estimate of drug-likeness (QED) is 0.805. The highest BCUT2D eigenvalue weighted by Crippen LogP contribution is 2.01. The van der Waals surface area contributed by atoms with Crippen molar-refractivity contribution in [1.29, 1.82) is 0 Å². The molecule has 1 aromatic rings. The van der Waals surface area contributed by atoms with Gasteiger partial charge in [0.25, 0.3) is 0 Å². The van der Waals surface area contributed by atoms with Gasteiger partial charge in [-0.05, 0) is 17.7 Å². The van der Waals surface area contributed by atoms with Crippen LogP contribution in [0.25, 0.3) is 0 Å². The lowest BCUT2D eigenvalue weighted by Gasteiger charge is -2.01. The van der Waals surface area contributed by atoms with Crippen molar-refractivity contribution >= 4 is 18.4 Å². The van der Waals surface area contributed by atoms with Crippen molar-refractivity contribution in [1.82, 2.24) is 5.32 Å². The highest BCUT2D eigenvalue weighted by molar-refractivity contribution is 5.85. The first-order chi connectivity index (χ1) is 6.18. The third-order valence-electron chi connectivity index (χ3n) is 1.52. The van der Waals surface area contributed by atoms with Crippen LogP contribution in [0.15, 0.2) is 24.3 Å². The van der Waals surface area contributed by atoms with Gasteiger partial charge in [-0.2, -0.15) is 0 Å². The number of hydrogen-bond donors (Lipinski definition) is 2. The van der Waals surface area contributed by atoms with E-state index < -0.39 is 5.97 Å². The monoisotopic (exact) mass is 219 g/mol. The van der Waals surface area contributed by atoms with E-state index in [4.69, 9.17) is 5.11 Å². The van der Waals surface area contributed by atoms with Crippen molar-refractivity contribution in [2.24, 2.45) is 0 Å². The second kappa shape index (κ2) is 6.34. The first kappa shape index (κ1) is 12.9. The standard InChI is InChI=1S/C9H10FNO2.ClH/c10-8-3-1-7(2-4-8)5-11-6-9(12)13;/h1-4,11H,5-6H2,(H,12,13);1H. The molecule has 0 aliphatic rings. The molecule has 2 N–H and O–H groups in total. The molecule has 1 aromatic carbocycles. The number of carboxylic acids is 1. The van der Waals surface area contributed by atoms with Gasteiger partial charge in [-0.25, -0.2) is 4.39 Å². The highest BCUT2D eigenvalue weighted by Gasteiger charge is 1.96. The van der Waals surface area contributed by atoms with E-state index in [1.807, 2.05) is 0 Å². The van der Waals surface area contributed by atoms with E-state index in [1.54, 1.807) is 12.1 Å². The zero-order chi connectivity index (χ0) is 9.68. The van der Waals surface area contributed by atoms with Gasteiger partial charge in [0.1, 0.15) is 5.82 Å². The van der Waals surface area contributed by atoms with Crippen molar-refractivity contribution in [3.63, 3.8) is 0 Å². The number of halogens is 2. The summed E-state index contributed by atoms with van der Waals surface area (Å²) in [6.07, 6.45) is 0. The summed E-state index contributed by atoms with van der Waals surface area (Å²) >= 11 is 0. The molecule has 0 aliphatic heterocycles. The second-order valence-electron chi connectivity index (χ2n) is 2.62. The summed E-state index contributed by atoms with van der Waals surface area (Å²) in [5, 5.41) is 11.0. The Labute approximate surface area is 87.4 Å². The van der Waals surface area contributed by atoms with E-state index in [9.17, 15) is 9.18 Å². The first-order valence-corrected chi connectivity index (χ1v) is 3.85. The number of hydrogen-bond acceptors (Lipinski definition) is 2. The number of rotatable bonds is 4. The Hall–Kier alpha value is -1.13. The number of benzene rings is 1. The molecule has 3 nitrogen and oxygen atoms in total. The Balaban J connectivity index is 0.00000169. The summed E-state index contributed by atoms with van der Waals surface area (Å²) in [6.45, 7) is 0.351. The van der Waals surface area contributed by atoms with Gasteiger partial charge in [0.2, 0.25) is 0 Å². The van der Waals surface area contributed by atoms with Crippen molar-refractivity contribution < 1.29 is 14.3 Å². The lowest BCUT2D eigenvalue weighted by Crippen LogP contribution is -2.21. The third kappa shape index (κ3) is 4.79. The first-order valence-electron chi connectivity index (χ1n) is 3.85. The van der Waals surface area contributed by atoms with E-state index in [1.165, 1.54) is 12.1 Å². The number of carbonyl (C=O) groups is 1. The van der Waals surface area contributed by atoms with Crippen LogP contribution in [-0.4, -0.2) is 17.6 Å². The van der Waals surface area contributed by atoms with Gasteiger partial charge in [0.15, 0.2) is 0 Å². The zero-order valence-electron chi connectivity index (χ0n) is 7.37. The van der Waals surface area contributed by atoms with E-state index in [0.717, 1.165) is 5.56 Å². The van der Waals surface area contributed by atoms with Gasteiger partial charge >= 0.3 is 5.97 Å². The third-order valence-corrected chi connectivity index (χ3v) is 1.52. The van der Waals surface area contributed by atoms with Crippen LogP contribution in [0.3, 0.4) is 0 Å². The molecule has 0 saturated carbocycles. The topological polar surface area (TPSA) is 49.3 Å². The Bertz CT molecular complexity index is 289. The Morgan fingerprint density at radius 2 is 1.93 bits per heavy atom. The van der Waals surface area contributed by atoms with Crippen molar-refractivity contribution in [3.8, 4) is 0 Å². The molecule has 0 saturated heterocycles. The Morgan fingerprint density at radius 1 is 1.36 bits per heavy atom. The number of carboxylic acid groups (broad SMARTS) is 1. The molecule has 0 atom stereocenters. The predicted octanol–water partition coefficient (Wildman–Crippen LogP) is 1.42. The lowest BCUT2D eigenvalue weighted by atomic mass is 10.2. The van der Waals surface area contributed by atoms with Gasteiger partial charge in [-0.15, -0.1) is 12.4 Å². The summed E-state index contributed by atoms with van der Waals surface area (Å²) in [7, 11) is 0. The summed E-state index contributed by atoms with van der Waals surface area (Å²) in [4.78, 5) is 10.1. The summed E-state index contributed by atoms with van der Waals surface area (Å²) in [6, 6.07) is 5.92. The van der Waals surface area contributed by atoms with Crippen LogP contribution in [-0.2, 0) is 11.3 Å². The molecule has 0 fully saturated rings. The molecule has 0 bridgehead atoms. The molecule has 14 heavy (non-hydrogen) atoms. The number of nitrogens with one attached hydrogen (secondary N) is 1. The minimum Gasteiger partial charge on any atom is -0.480 e.